The Morgan fingerprint density at radius 1 is 1.28 bits per heavy atom. The number of nitrogens with zero attached hydrogens (tertiary/aromatic N) is 1. The van der Waals surface area contributed by atoms with Crippen LogP contribution in [0.1, 0.15) is 57.9 Å². The number of halogens is 1. The van der Waals surface area contributed by atoms with Crippen molar-refractivity contribution in [2.24, 2.45) is 4.99 Å². The molecule has 8 heteroatoms. The van der Waals surface area contributed by atoms with E-state index in [4.69, 9.17) is 0 Å². The van der Waals surface area contributed by atoms with Gasteiger partial charge in [0, 0.05) is 53.5 Å². The molecule has 164 valence electrons. The number of carbonyl (C=O) groups is 1. The smallest absolute Gasteiger partial charge is 0.224 e. The molecule has 0 saturated heterocycles. The van der Waals surface area contributed by atoms with Crippen LogP contribution in [0.5, 0.6) is 0 Å². The molecular weight excluding hydrogens is 499 g/mol. The molecular formula is C21H35IN4O2S. The molecule has 1 fully saturated rings. The minimum atomic E-state index is -0.729. The lowest BCUT2D eigenvalue weighted by Crippen LogP contribution is -2.46. The Labute approximate surface area is 194 Å². The number of hydrogen-bond acceptors (Lipinski definition) is 3. The second kappa shape index (κ2) is 14.0. The maximum Gasteiger partial charge on any atom is 0.224 e. The summed E-state index contributed by atoms with van der Waals surface area (Å²) < 4.78 is 12.1. The van der Waals surface area contributed by atoms with Crippen molar-refractivity contribution in [2.45, 2.75) is 70.2 Å². The van der Waals surface area contributed by atoms with E-state index in [-0.39, 0.29) is 35.1 Å². The zero-order chi connectivity index (χ0) is 20.4. The molecule has 29 heavy (non-hydrogen) atoms. The summed E-state index contributed by atoms with van der Waals surface area (Å²) in [6.07, 6.45) is 5.54. The maximum atomic E-state index is 12.1. The highest BCUT2D eigenvalue weighted by molar-refractivity contribution is 14.0. The molecule has 1 aromatic rings. The largest absolute Gasteiger partial charge is 0.354 e. The fraction of sp³-hybridized carbons (Fsp3) is 0.619. The Morgan fingerprint density at radius 3 is 2.76 bits per heavy atom. The second-order valence-electron chi connectivity index (χ2n) is 7.22. The average molecular weight is 535 g/mol. The summed E-state index contributed by atoms with van der Waals surface area (Å²) in [5, 5.41) is 10.0. The number of amides is 1. The van der Waals surface area contributed by atoms with Crippen LogP contribution in [0.3, 0.4) is 0 Å². The Morgan fingerprint density at radius 2 is 2.07 bits per heavy atom. The van der Waals surface area contributed by atoms with Crippen molar-refractivity contribution in [3.05, 3.63) is 29.8 Å². The molecule has 1 aliphatic rings. The van der Waals surface area contributed by atoms with Gasteiger partial charge in [0.2, 0.25) is 5.91 Å². The van der Waals surface area contributed by atoms with E-state index in [0.29, 0.717) is 19.0 Å². The van der Waals surface area contributed by atoms with E-state index in [1.165, 1.54) is 0 Å². The molecule has 0 aromatic heterocycles. The number of aliphatic imine (C=N–C) groups is 1. The highest BCUT2D eigenvalue weighted by Gasteiger charge is 2.26. The molecule has 0 aliphatic heterocycles. The maximum absolute atomic E-state index is 12.1. The van der Waals surface area contributed by atoms with Crippen LogP contribution in [0, 0.1) is 0 Å². The first-order valence-corrected chi connectivity index (χ1v) is 11.7. The highest BCUT2D eigenvalue weighted by atomic mass is 127. The van der Waals surface area contributed by atoms with Gasteiger partial charge in [0.25, 0.3) is 0 Å². The van der Waals surface area contributed by atoms with E-state index < -0.39 is 10.8 Å². The van der Waals surface area contributed by atoms with Crippen LogP contribution < -0.4 is 16.0 Å². The number of nitrogens with one attached hydrogen (secondary N) is 3. The third-order valence-corrected chi connectivity index (χ3v) is 6.74. The van der Waals surface area contributed by atoms with Gasteiger partial charge in [-0.15, -0.1) is 24.0 Å². The van der Waals surface area contributed by atoms with Gasteiger partial charge in [-0.2, -0.15) is 0 Å². The Bertz CT molecular complexity index is 699. The number of hydrogen-bond donors (Lipinski definition) is 3. The van der Waals surface area contributed by atoms with Crippen molar-refractivity contribution in [1.29, 1.82) is 0 Å². The van der Waals surface area contributed by atoms with Crippen molar-refractivity contribution in [3.63, 3.8) is 0 Å². The lowest BCUT2D eigenvalue weighted by atomic mass is 9.95. The van der Waals surface area contributed by atoms with Crippen molar-refractivity contribution in [3.8, 4) is 0 Å². The van der Waals surface area contributed by atoms with Crippen molar-refractivity contribution < 1.29 is 9.00 Å². The molecule has 2 rings (SSSR count). The van der Waals surface area contributed by atoms with Crippen LogP contribution in [-0.2, 0) is 22.1 Å². The number of benzene rings is 1. The van der Waals surface area contributed by atoms with Crippen LogP contribution >= 0.6 is 24.0 Å². The number of guanidine groups is 1. The van der Waals surface area contributed by atoms with Crippen molar-refractivity contribution in [1.82, 2.24) is 10.6 Å². The summed E-state index contributed by atoms with van der Waals surface area (Å²) in [7, 11) is 1.04. The third-order valence-electron chi connectivity index (χ3n) is 4.99. The molecule has 1 saturated carbocycles. The van der Waals surface area contributed by atoms with Gasteiger partial charge in [0.05, 0.1) is 0 Å². The molecule has 0 radical (unpaired) electrons. The van der Waals surface area contributed by atoms with E-state index in [1.54, 1.807) is 7.05 Å². The van der Waals surface area contributed by atoms with E-state index in [9.17, 15) is 9.00 Å². The molecule has 3 atom stereocenters. The zero-order valence-corrected chi connectivity index (χ0v) is 20.8. The first-order chi connectivity index (χ1) is 13.5. The third kappa shape index (κ3) is 9.02. The summed E-state index contributed by atoms with van der Waals surface area (Å²) >= 11 is 0. The summed E-state index contributed by atoms with van der Waals surface area (Å²) in [5.41, 5.74) is 1.89. The highest BCUT2D eigenvalue weighted by Crippen LogP contribution is 2.23. The quantitative estimate of drug-likeness (QED) is 0.269. The first kappa shape index (κ1) is 25.9. The van der Waals surface area contributed by atoms with Gasteiger partial charge in [0.1, 0.15) is 0 Å². The fourth-order valence-corrected chi connectivity index (χ4v) is 4.88. The lowest BCUT2D eigenvalue weighted by Gasteiger charge is -2.30. The summed E-state index contributed by atoms with van der Waals surface area (Å²) in [6, 6.07) is 8.16. The van der Waals surface area contributed by atoms with Gasteiger partial charge in [0.15, 0.2) is 5.96 Å². The van der Waals surface area contributed by atoms with E-state index >= 15 is 0 Å². The molecule has 1 aromatic carbocycles. The van der Waals surface area contributed by atoms with E-state index in [0.717, 1.165) is 55.1 Å². The van der Waals surface area contributed by atoms with Gasteiger partial charge in [-0.1, -0.05) is 32.4 Å². The second-order valence-corrected chi connectivity index (χ2v) is 9.23. The molecule has 0 bridgehead atoms. The summed E-state index contributed by atoms with van der Waals surface area (Å²) in [6.45, 7) is 4.60. The molecule has 1 aliphatic carbocycles. The monoisotopic (exact) mass is 534 g/mol. The van der Waals surface area contributed by atoms with Gasteiger partial charge in [-0.05, 0) is 43.4 Å². The first-order valence-electron chi connectivity index (χ1n) is 10.3. The predicted molar refractivity (Wildman–Crippen MR) is 133 cm³/mol. The summed E-state index contributed by atoms with van der Waals surface area (Å²) in [4.78, 5) is 16.1. The van der Waals surface area contributed by atoms with Crippen LogP contribution in [0.4, 0.5) is 5.69 Å². The van der Waals surface area contributed by atoms with Crippen LogP contribution in [0.2, 0.25) is 0 Å². The minimum Gasteiger partial charge on any atom is -0.354 e. The van der Waals surface area contributed by atoms with Crippen LogP contribution in [0.25, 0.3) is 0 Å². The summed E-state index contributed by atoms with van der Waals surface area (Å²) in [5.74, 6) is 1.53. The Balaban J connectivity index is 0.00000420. The van der Waals surface area contributed by atoms with E-state index in [1.807, 2.05) is 38.1 Å². The molecule has 3 N–H and O–H groups in total. The van der Waals surface area contributed by atoms with Gasteiger partial charge in [-0.3, -0.25) is 14.0 Å². The van der Waals surface area contributed by atoms with Gasteiger partial charge < -0.3 is 16.0 Å². The molecule has 3 unspecified atom stereocenters. The minimum absolute atomic E-state index is 0. The van der Waals surface area contributed by atoms with Gasteiger partial charge in [-0.25, -0.2) is 0 Å². The zero-order valence-electron chi connectivity index (χ0n) is 17.7. The molecule has 0 heterocycles. The fourth-order valence-electron chi connectivity index (χ4n) is 3.53. The predicted octanol–water partition coefficient (Wildman–Crippen LogP) is 3.79. The van der Waals surface area contributed by atoms with E-state index in [2.05, 4.69) is 20.9 Å². The van der Waals surface area contributed by atoms with Crippen LogP contribution in [0.15, 0.2) is 29.3 Å². The molecule has 6 nitrogen and oxygen atoms in total. The SMILES string of the molecule is CCCC(=O)Nc1cccc(CNC(=NC)NC2CCCC(S(=O)CC)C2)c1.I. The number of anilines is 1. The van der Waals surface area contributed by atoms with Crippen LogP contribution in [-0.4, -0.2) is 40.2 Å². The Hall–Kier alpha value is -1.16. The lowest BCUT2D eigenvalue weighted by molar-refractivity contribution is -0.116. The van der Waals surface area contributed by atoms with Crippen molar-refractivity contribution >= 4 is 52.3 Å². The number of rotatable bonds is 8. The topological polar surface area (TPSA) is 82.6 Å². The average Bonchev–Trinajstić information content (AvgIpc) is 2.71. The number of carbonyl (C=O) groups excluding carboxylic acids is 1. The normalized spacial score (nSPS) is 20.3. The van der Waals surface area contributed by atoms with Gasteiger partial charge >= 0.3 is 0 Å². The molecule has 0 spiro atoms. The Kier molecular flexibility index (Phi) is 12.4. The molecule has 1 amide bonds. The van der Waals surface area contributed by atoms with Crippen molar-refractivity contribution in [2.75, 3.05) is 18.1 Å². The standard InChI is InChI=1S/C21H34N4O2S.HI/c1-4-8-20(26)24-17-10-6-9-16(13-17)15-23-21(22-3)25-18-11-7-12-19(14-18)28(27)5-2;/h6,9-10,13,18-19H,4-5,7-8,11-12,14-15H2,1-3H3,(H,24,26)(H2,22,23,25);1H.